The van der Waals surface area contributed by atoms with Gasteiger partial charge in [0.1, 0.15) is 5.76 Å². The van der Waals surface area contributed by atoms with Crippen LogP contribution in [0.3, 0.4) is 0 Å². The average molecular weight is 246 g/mol. The SMILES string of the molecule is C#CCN(Cc1occc1CNCC)CC1CC1. The second-order valence-corrected chi connectivity index (χ2v) is 4.97. The molecule has 3 heteroatoms. The molecule has 1 N–H and O–H groups in total. The maximum absolute atomic E-state index is 5.59. The van der Waals surface area contributed by atoms with Crippen molar-refractivity contribution in [2.45, 2.75) is 32.9 Å². The predicted molar refractivity (Wildman–Crippen MR) is 72.9 cm³/mol. The highest BCUT2D eigenvalue weighted by Gasteiger charge is 2.24. The molecular formula is C15H22N2O. The molecule has 0 unspecified atom stereocenters. The lowest BCUT2D eigenvalue weighted by Crippen LogP contribution is -2.26. The average Bonchev–Trinajstić information content (AvgIpc) is 3.06. The Morgan fingerprint density at radius 3 is 3.06 bits per heavy atom. The standard InChI is InChI=1S/C15H22N2O/c1-3-8-17(11-13-5-6-13)12-15-14(7-9-18-15)10-16-4-2/h1,7,9,13,16H,4-6,8,10-12H2,2H3. The van der Waals surface area contributed by atoms with E-state index in [-0.39, 0.29) is 0 Å². The van der Waals surface area contributed by atoms with Crippen LogP contribution >= 0.6 is 0 Å². The number of rotatable bonds is 8. The first-order chi connectivity index (χ1) is 8.83. The minimum atomic E-state index is 0.706. The number of hydrogen-bond acceptors (Lipinski definition) is 3. The minimum Gasteiger partial charge on any atom is -0.468 e. The van der Waals surface area contributed by atoms with E-state index in [1.54, 1.807) is 6.26 Å². The van der Waals surface area contributed by atoms with Gasteiger partial charge in [-0.15, -0.1) is 6.42 Å². The molecule has 1 aromatic rings. The summed E-state index contributed by atoms with van der Waals surface area (Å²) in [6.45, 7) is 6.59. The van der Waals surface area contributed by atoms with E-state index < -0.39 is 0 Å². The molecule has 3 nitrogen and oxygen atoms in total. The molecule has 0 bridgehead atoms. The first-order valence-electron chi connectivity index (χ1n) is 6.75. The van der Waals surface area contributed by atoms with Gasteiger partial charge < -0.3 is 9.73 Å². The Labute approximate surface area is 110 Å². The third-order valence-corrected chi connectivity index (χ3v) is 3.30. The molecule has 0 saturated heterocycles. The number of terminal acetylenes is 1. The second-order valence-electron chi connectivity index (χ2n) is 4.97. The Hall–Kier alpha value is -1.24. The molecule has 1 saturated carbocycles. The third-order valence-electron chi connectivity index (χ3n) is 3.30. The van der Waals surface area contributed by atoms with Crippen LogP contribution in [-0.4, -0.2) is 24.5 Å². The molecule has 1 aliphatic rings. The summed E-state index contributed by atoms with van der Waals surface area (Å²) in [5.74, 6) is 4.64. The Kier molecular flexibility index (Phi) is 4.86. The molecule has 1 heterocycles. The fourth-order valence-electron chi connectivity index (χ4n) is 2.11. The summed E-state index contributed by atoms with van der Waals surface area (Å²) in [4.78, 5) is 2.31. The van der Waals surface area contributed by atoms with E-state index in [9.17, 15) is 0 Å². The molecule has 0 aromatic carbocycles. The molecule has 1 aromatic heterocycles. The maximum Gasteiger partial charge on any atom is 0.122 e. The topological polar surface area (TPSA) is 28.4 Å². The summed E-state index contributed by atoms with van der Waals surface area (Å²) in [6, 6.07) is 2.04. The van der Waals surface area contributed by atoms with E-state index in [1.165, 1.54) is 18.4 Å². The van der Waals surface area contributed by atoms with Gasteiger partial charge in [-0.05, 0) is 31.4 Å². The van der Waals surface area contributed by atoms with E-state index >= 15 is 0 Å². The van der Waals surface area contributed by atoms with E-state index in [0.29, 0.717) is 6.54 Å². The van der Waals surface area contributed by atoms with Crippen molar-refractivity contribution in [1.82, 2.24) is 10.2 Å². The maximum atomic E-state index is 5.59. The number of nitrogens with one attached hydrogen (secondary N) is 1. The van der Waals surface area contributed by atoms with Gasteiger partial charge in [0.2, 0.25) is 0 Å². The van der Waals surface area contributed by atoms with Crippen LogP contribution in [0.25, 0.3) is 0 Å². The molecule has 0 spiro atoms. The van der Waals surface area contributed by atoms with Crippen molar-refractivity contribution in [3.8, 4) is 12.3 Å². The molecule has 0 amide bonds. The molecule has 1 fully saturated rings. The monoisotopic (exact) mass is 246 g/mol. The quantitative estimate of drug-likeness (QED) is 0.713. The van der Waals surface area contributed by atoms with Crippen LogP contribution in [0, 0.1) is 18.3 Å². The molecule has 2 rings (SSSR count). The third kappa shape index (κ3) is 3.90. The smallest absolute Gasteiger partial charge is 0.122 e. The van der Waals surface area contributed by atoms with Crippen LogP contribution in [0.15, 0.2) is 16.7 Å². The highest BCUT2D eigenvalue weighted by Crippen LogP contribution is 2.30. The summed E-state index contributed by atoms with van der Waals surface area (Å²) in [6.07, 6.45) is 9.91. The lowest BCUT2D eigenvalue weighted by Gasteiger charge is -2.18. The van der Waals surface area contributed by atoms with Crippen molar-refractivity contribution in [3.05, 3.63) is 23.7 Å². The Morgan fingerprint density at radius 2 is 2.39 bits per heavy atom. The van der Waals surface area contributed by atoms with Crippen LogP contribution in [0.1, 0.15) is 31.1 Å². The van der Waals surface area contributed by atoms with Crippen molar-refractivity contribution in [2.75, 3.05) is 19.6 Å². The summed E-state index contributed by atoms with van der Waals surface area (Å²) in [7, 11) is 0. The van der Waals surface area contributed by atoms with Crippen molar-refractivity contribution in [3.63, 3.8) is 0 Å². The lowest BCUT2D eigenvalue weighted by molar-refractivity contribution is 0.260. The van der Waals surface area contributed by atoms with E-state index in [0.717, 1.165) is 37.9 Å². The molecule has 98 valence electrons. The van der Waals surface area contributed by atoms with Crippen molar-refractivity contribution >= 4 is 0 Å². The Balaban J connectivity index is 1.92. The zero-order chi connectivity index (χ0) is 12.8. The van der Waals surface area contributed by atoms with Gasteiger partial charge in [0.25, 0.3) is 0 Å². The first kappa shape index (κ1) is 13.2. The zero-order valence-electron chi connectivity index (χ0n) is 11.1. The van der Waals surface area contributed by atoms with Gasteiger partial charge in [-0.2, -0.15) is 0 Å². The highest BCUT2D eigenvalue weighted by molar-refractivity contribution is 5.17. The van der Waals surface area contributed by atoms with Crippen molar-refractivity contribution in [2.24, 2.45) is 5.92 Å². The van der Waals surface area contributed by atoms with Gasteiger partial charge in [0.15, 0.2) is 0 Å². The summed E-state index contributed by atoms with van der Waals surface area (Å²) >= 11 is 0. The van der Waals surface area contributed by atoms with E-state index in [1.807, 2.05) is 6.07 Å². The summed E-state index contributed by atoms with van der Waals surface area (Å²) in [5, 5.41) is 3.33. The Morgan fingerprint density at radius 1 is 1.56 bits per heavy atom. The number of nitrogens with zero attached hydrogens (tertiary/aromatic N) is 1. The van der Waals surface area contributed by atoms with Crippen LogP contribution in [0.2, 0.25) is 0 Å². The van der Waals surface area contributed by atoms with Gasteiger partial charge in [0.05, 0.1) is 19.4 Å². The molecule has 0 radical (unpaired) electrons. The fraction of sp³-hybridized carbons (Fsp3) is 0.600. The van der Waals surface area contributed by atoms with Gasteiger partial charge in [-0.25, -0.2) is 0 Å². The van der Waals surface area contributed by atoms with Gasteiger partial charge in [-0.3, -0.25) is 4.90 Å². The van der Waals surface area contributed by atoms with Crippen LogP contribution in [0.5, 0.6) is 0 Å². The van der Waals surface area contributed by atoms with Crippen LogP contribution in [-0.2, 0) is 13.1 Å². The van der Waals surface area contributed by atoms with Crippen molar-refractivity contribution in [1.29, 1.82) is 0 Å². The molecular weight excluding hydrogens is 224 g/mol. The molecule has 1 aliphatic carbocycles. The fourth-order valence-corrected chi connectivity index (χ4v) is 2.11. The lowest BCUT2D eigenvalue weighted by atomic mass is 10.2. The van der Waals surface area contributed by atoms with Gasteiger partial charge in [0, 0.05) is 18.7 Å². The first-order valence-corrected chi connectivity index (χ1v) is 6.75. The molecule has 18 heavy (non-hydrogen) atoms. The van der Waals surface area contributed by atoms with E-state index in [2.05, 4.69) is 23.1 Å². The van der Waals surface area contributed by atoms with Crippen LogP contribution < -0.4 is 5.32 Å². The van der Waals surface area contributed by atoms with Gasteiger partial charge >= 0.3 is 0 Å². The second kappa shape index (κ2) is 6.63. The van der Waals surface area contributed by atoms with Gasteiger partial charge in [-0.1, -0.05) is 12.8 Å². The summed E-state index contributed by atoms with van der Waals surface area (Å²) < 4.78 is 5.59. The van der Waals surface area contributed by atoms with Crippen molar-refractivity contribution < 1.29 is 4.42 Å². The minimum absolute atomic E-state index is 0.706. The number of hydrogen-bond donors (Lipinski definition) is 1. The van der Waals surface area contributed by atoms with Crippen LogP contribution in [0.4, 0.5) is 0 Å². The zero-order valence-corrected chi connectivity index (χ0v) is 11.1. The predicted octanol–water partition coefficient (Wildman–Crippen LogP) is 2.23. The molecule has 0 atom stereocenters. The largest absolute Gasteiger partial charge is 0.468 e. The highest BCUT2D eigenvalue weighted by atomic mass is 16.3. The van der Waals surface area contributed by atoms with E-state index in [4.69, 9.17) is 10.8 Å². The molecule has 0 aliphatic heterocycles. The number of furan rings is 1. The normalized spacial score (nSPS) is 14.9. The summed E-state index contributed by atoms with van der Waals surface area (Å²) in [5.41, 5.74) is 1.25. The Bertz CT molecular complexity index is 401.